The van der Waals surface area contributed by atoms with Gasteiger partial charge in [0.15, 0.2) is 6.61 Å². The quantitative estimate of drug-likeness (QED) is 0.550. The Morgan fingerprint density at radius 1 is 1.00 bits per heavy atom. The van der Waals surface area contributed by atoms with Gasteiger partial charge >= 0.3 is 0 Å². The lowest BCUT2D eigenvalue weighted by molar-refractivity contribution is -0.118. The summed E-state index contributed by atoms with van der Waals surface area (Å²) in [5.74, 6) is 0.386. The number of aromatic nitrogens is 2. The third-order valence-corrected chi connectivity index (χ3v) is 5.01. The Balaban J connectivity index is 1.39. The summed E-state index contributed by atoms with van der Waals surface area (Å²) in [6, 6.07) is 21.7. The average Bonchev–Trinajstić information content (AvgIpc) is 3.14. The molecule has 0 spiro atoms. The highest BCUT2D eigenvalue weighted by molar-refractivity contribution is 7.18. The van der Waals surface area contributed by atoms with Crippen molar-refractivity contribution in [2.75, 3.05) is 11.9 Å². The van der Waals surface area contributed by atoms with Crippen LogP contribution in [0.25, 0.3) is 21.3 Å². The van der Waals surface area contributed by atoms with Crippen molar-refractivity contribution in [2.45, 2.75) is 6.92 Å². The first kappa shape index (κ1) is 17.2. The number of aryl methyl sites for hydroxylation is 1. The molecule has 1 amide bonds. The van der Waals surface area contributed by atoms with E-state index in [0.717, 1.165) is 26.9 Å². The third-order valence-electron chi connectivity index (χ3n) is 4.14. The third kappa shape index (κ3) is 3.96. The molecule has 5 nitrogen and oxygen atoms in total. The molecule has 134 valence electrons. The number of anilines is 1. The Labute approximate surface area is 160 Å². The molecule has 0 bridgehead atoms. The lowest BCUT2D eigenvalue weighted by Gasteiger charge is -2.06. The highest BCUT2D eigenvalue weighted by atomic mass is 32.1. The SMILES string of the molecule is Cc1ccccc1-c1nnc(NC(=O)COc2ccc3ccccc3c2)s1. The van der Waals surface area contributed by atoms with Gasteiger partial charge in [0, 0.05) is 5.56 Å². The molecule has 3 aromatic carbocycles. The summed E-state index contributed by atoms with van der Waals surface area (Å²) in [6.45, 7) is 1.93. The van der Waals surface area contributed by atoms with E-state index in [-0.39, 0.29) is 12.5 Å². The van der Waals surface area contributed by atoms with Crippen LogP contribution in [0.4, 0.5) is 5.13 Å². The first-order valence-corrected chi connectivity index (χ1v) is 9.32. The van der Waals surface area contributed by atoms with Crippen LogP contribution in [0, 0.1) is 6.92 Å². The highest BCUT2D eigenvalue weighted by Gasteiger charge is 2.11. The van der Waals surface area contributed by atoms with Gasteiger partial charge in [-0.05, 0) is 35.4 Å². The maximum absolute atomic E-state index is 12.2. The molecule has 27 heavy (non-hydrogen) atoms. The van der Waals surface area contributed by atoms with E-state index < -0.39 is 0 Å². The topological polar surface area (TPSA) is 64.1 Å². The Kier molecular flexibility index (Phi) is 4.80. The van der Waals surface area contributed by atoms with Crippen molar-refractivity contribution in [3.63, 3.8) is 0 Å². The van der Waals surface area contributed by atoms with Crippen molar-refractivity contribution in [3.05, 3.63) is 72.3 Å². The van der Waals surface area contributed by atoms with Crippen LogP contribution in [-0.2, 0) is 4.79 Å². The van der Waals surface area contributed by atoms with Gasteiger partial charge in [-0.15, -0.1) is 10.2 Å². The minimum absolute atomic E-state index is 0.0857. The van der Waals surface area contributed by atoms with Gasteiger partial charge < -0.3 is 4.74 Å². The molecule has 0 unspecified atom stereocenters. The monoisotopic (exact) mass is 375 g/mol. The molecular formula is C21H17N3O2S. The second-order valence-electron chi connectivity index (χ2n) is 6.07. The number of hydrogen-bond acceptors (Lipinski definition) is 5. The zero-order valence-electron chi connectivity index (χ0n) is 14.7. The van der Waals surface area contributed by atoms with Gasteiger partial charge in [0.05, 0.1) is 0 Å². The zero-order valence-corrected chi connectivity index (χ0v) is 15.5. The van der Waals surface area contributed by atoms with Gasteiger partial charge in [-0.25, -0.2) is 0 Å². The summed E-state index contributed by atoms with van der Waals surface area (Å²) >= 11 is 1.34. The maximum Gasteiger partial charge on any atom is 0.264 e. The second-order valence-corrected chi connectivity index (χ2v) is 7.05. The Hall–Kier alpha value is -3.25. The number of carbonyl (C=O) groups excluding carboxylic acids is 1. The Morgan fingerprint density at radius 2 is 1.78 bits per heavy atom. The van der Waals surface area contributed by atoms with Crippen LogP contribution in [0.5, 0.6) is 5.75 Å². The number of carbonyl (C=O) groups is 1. The van der Waals surface area contributed by atoms with Gasteiger partial charge in [-0.1, -0.05) is 65.9 Å². The normalized spacial score (nSPS) is 10.7. The fourth-order valence-corrected chi connectivity index (χ4v) is 3.61. The lowest BCUT2D eigenvalue weighted by atomic mass is 10.1. The molecule has 4 aromatic rings. The summed E-state index contributed by atoms with van der Waals surface area (Å²) < 4.78 is 5.60. The summed E-state index contributed by atoms with van der Waals surface area (Å²) in [7, 11) is 0. The standard InChI is InChI=1S/C21H17N3O2S/c1-14-6-2-5-9-18(14)20-23-24-21(27-20)22-19(25)13-26-17-11-10-15-7-3-4-8-16(15)12-17/h2-12H,13H2,1H3,(H,22,24,25). The number of amides is 1. The van der Waals surface area contributed by atoms with E-state index in [9.17, 15) is 4.79 Å². The first-order valence-electron chi connectivity index (χ1n) is 8.50. The number of ether oxygens (including phenoxy) is 1. The molecular weight excluding hydrogens is 358 g/mol. The molecule has 6 heteroatoms. The fourth-order valence-electron chi connectivity index (χ4n) is 2.76. The van der Waals surface area contributed by atoms with E-state index >= 15 is 0 Å². The van der Waals surface area contributed by atoms with Gasteiger partial charge in [0.1, 0.15) is 10.8 Å². The van der Waals surface area contributed by atoms with Crippen molar-refractivity contribution in [1.82, 2.24) is 10.2 Å². The van der Waals surface area contributed by atoms with Crippen LogP contribution in [0.1, 0.15) is 5.56 Å². The predicted molar refractivity (Wildman–Crippen MR) is 108 cm³/mol. The molecule has 0 saturated carbocycles. The number of rotatable bonds is 5. The van der Waals surface area contributed by atoms with Crippen LogP contribution in [0.15, 0.2) is 66.7 Å². The van der Waals surface area contributed by atoms with E-state index in [1.54, 1.807) is 0 Å². The van der Waals surface area contributed by atoms with Crippen LogP contribution in [0.3, 0.4) is 0 Å². The van der Waals surface area contributed by atoms with E-state index in [1.807, 2.05) is 73.7 Å². The lowest BCUT2D eigenvalue weighted by Crippen LogP contribution is -2.20. The van der Waals surface area contributed by atoms with Crippen molar-refractivity contribution >= 4 is 33.1 Å². The molecule has 1 aromatic heterocycles. The number of nitrogens with zero attached hydrogens (tertiary/aromatic N) is 2. The average molecular weight is 375 g/mol. The van der Waals surface area contributed by atoms with Crippen LogP contribution >= 0.6 is 11.3 Å². The Bertz CT molecular complexity index is 1110. The number of fused-ring (bicyclic) bond motifs is 1. The minimum atomic E-state index is -0.268. The van der Waals surface area contributed by atoms with Crippen molar-refractivity contribution in [3.8, 4) is 16.3 Å². The van der Waals surface area contributed by atoms with E-state index in [2.05, 4.69) is 15.5 Å². The summed E-state index contributed by atoms with van der Waals surface area (Å²) in [5, 5.41) is 14.4. The van der Waals surface area contributed by atoms with Gasteiger partial charge in [0.2, 0.25) is 5.13 Å². The van der Waals surface area contributed by atoms with Gasteiger partial charge in [-0.3, -0.25) is 10.1 Å². The van der Waals surface area contributed by atoms with E-state index in [4.69, 9.17) is 4.74 Å². The number of benzene rings is 3. The number of nitrogens with one attached hydrogen (secondary N) is 1. The molecule has 0 atom stereocenters. The summed E-state index contributed by atoms with van der Waals surface area (Å²) in [6.07, 6.45) is 0. The first-order chi connectivity index (χ1) is 13.2. The molecule has 0 fully saturated rings. The van der Waals surface area contributed by atoms with E-state index in [1.165, 1.54) is 11.3 Å². The van der Waals surface area contributed by atoms with Crippen LogP contribution in [0.2, 0.25) is 0 Å². The maximum atomic E-state index is 12.2. The smallest absolute Gasteiger partial charge is 0.264 e. The minimum Gasteiger partial charge on any atom is -0.484 e. The molecule has 0 aliphatic heterocycles. The number of hydrogen-bond donors (Lipinski definition) is 1. The second kappa shape index (κ2) is 7.55. The molecule has 0 aliphatic carbocycles. The van der Waals surface area contributed by atoms with Crippen molar-refractivity contribution < 1.29 is 9.53 Å². The van der Waals surface area contributed by atoms with Gasteiger partial charge in [0.25, 0.3) is 5.91 Å². The van der Waals surface area contributed by atoms with Crippen molar-refractivity contribution in [2.24, 2.45) is 0 Å². The predicted octanol–water partition coefficient (Wildman–Crippen LogP) is 4.68. The molecule has 0 aliphatic rings. The van der Waals surface area contributed by atoms with Crippen molar-refractivity contribution in [1.29, 1.82) is 0 Å². The largest absolute Gasteiger partial charge is 0.484 e. The molecule has 1 N–H and O–H groups in total. The summed E-state index contributed by atoms with van der Waals surface area (Å²) in [4.78, 5) is 12.2. The van der Waals surface area contributed by atoms with E-state index in [0.29, 0.717) is 10.9 Å². The van der Waals surface area contributed by atoms with Crippen LogP contribution in [-0.4, -0.2) is 22.7 Å². The highest BCUT2D eigenvalue weighted by Crippen LogP contribution is 2.28. The van der Waals surface area contributed by atoms with Gasteiger partial charge in [-0.2, -0.15) is 0 Å². The van der Waals surface area contributed by atoms with Crippen LogP contribution < -0.4 is 10.1 Å². The molecule has 0 saturated heterocycles. The molecule has 4 rings (SSSR count). The Morgan fingerprint density at radius 3 is 2.63 bits per heavy atom. The molecule has 0 radical (unpaired) electrons. The fraction of sp³-hybridized carbons (Fsp3) is 0.0952. The summed E-state index contributed by atoms with van der Waals surface area (Å²) in [5.41, 5.74) is 2.13. The zero-order chi connectivity index (χ0) is 18.6. The molecule has 1 heterocycles.